The van der Waals surface area contributed by atoms with E-state index in [4.69, 9.17) is 0 Å². The summed E-state index contributed by atoms with van der Waals surface area (Å²) >= 11 is 1.62. The Kier molecular flexibility index (Phi) is 5.26. The number of nitrogens with zero attached hydrogens (tertiary/aromatic N) is 2. The largest absolute Gasteiger partial charge is 0.342 e. The third-order valence-corrected chi connectivity index (χ3v) is 5.97. The SMILES string of the molecule is Cc1ccccc1SCC(=O)N1CCC(N2CCCC2=O)CC1. The first-order chi connectivity index (χ1) is 11.1. The highest BCUT2D eigenvalue weighted by Crippen LogP contribution is 2.25. The monoisotopic (exact) mass is 332 g/mol. The quantitative estimate of drug-likeness (QED) is 0.796. The van der Waals surface area contributed by atoms with E-state index in [1.54, 1.807) is 11.8 Å². The number of rotatable bonds is 4. The summed E-state index contributed by atoms with van der Waals surface area (Å²) in [5, 5.41) is 0. The summed E-state index contributed by atoms with van der Waals surface area (Å²) in [5.74, 6) is 1.01. The van der Waals surface area contributed by atoms with Crippen LogP contribution in [0.2, 0.25) is 0 Å². The Morgan fingerprint density at radius 1 is 1.22 bits per heavy atom. The minimum absolute atomic E-state index is 0.212. The van der Waals surface area contributed by atoms with E-state index in [9.17, 15) is 9.59 Å². The molecule has 0 radical (unpaired) electrons. The van der Waals surface area contributed by atoms with Crippen molar-refractivity contribution in [3.8, 4) is 0 Å². The molecule has 0 N–H and O–H groups in total. The van der Waals surface area contributed by atoms with Crippen molar-refractivity contribution in [1.29, 1.82) is 0 Å². The van der Waals surface area contributed by atoms with Gasteiger partial charge in [0.2, 0.25) is 11.8 Å². The molecule has 124 valence electrons. The highest BCUT2D eigenvalue weighted by atomic mass is 32.2. The molecule has 5 heteroatoms. The van der Waals surface area contributed by atoms with Crippen LogP contribution in [-0.2, 0) is 9.59 Å². The number of amides is 2. The second kappa shape index (κ2) is 7.39. The molecule has 2 aliphatic heterocycles. The second-order valence-electron chi connectivity index (χ2n) is 6.36. The number of thioether (sulfide) groups is 1. The fraction of sp³-hybridized carbons (Fsp3) is 0.556. The molecule has 0 aromatic heterocycles. The molecule has 1 aromatic rings. The minimum Gasteiger partial charge on any atom is -0.342 e. The van der Waals surface area contributed by atoms with Crippen molar-refractivity contribution in [2.24, 2.45) is 0 Å². The molecule has 0 aliphatic carbocycles. The Morgan fingerprint density at radius 2 is 1.96 bits per heavy atom. The number of aryl methyl sites for hydroxylation is 1. The molecule has 0 unspecified atom stereocenters. The first kappa shape index (κ1) is 16.4. The normalized spacial score (nSPS) is 19.4. The first-order valence-electron chi connectivity index (χ1n) is 8.41. The summed E-state index contributed by atoms with van der Waals surface area (Å²) in [6.07, 6.45) is 3.54. The Balaban J connectivity index is 1.47. The Bertz CT molecular complexity index is 582. The van der Waals surface area contributed by atoms with Crippen LogP contribution in [0.5, 0.6) is 0 Å². The smallest absolute Gasteiger partial charge is 0.232 e. The van der Waals surface area contributed by atoms with E-state index in [0.29, 0.717) is 24.1 Å². The summed E-state index contributed by atoms with van der Waals surface area (Å²) in [5.41, 5.74) is 1.22. The van der Waals surface area contributed by atoms with Crippen molar-refractivity contribution in [2.75, 3.05) is 25.4 Å². The van der Waals surface area contributed by atoms with E-state index in [0.717, 1.165) is 38.9 Å². The Morgan fingerprint density at radius 3 is 2.61 bits per heavy atom. The molecule has 2 heterocycles. The highest BCUT2D eigenvalue weighted by Gasteiger charge is 2.31. The number of hydrogen-bond acceptors (Lipinski definition) is 3. The van der Waals surface area contributed by atoms with Gasteiger partial charge in [0.25, 0.3) is 0 Å². The van der Waals surface area contributed by atoms with E-state index in [1.807, 2.05) is 21.9 Å². The molecule has 0 spiro atoms. The topological polar surface area (TPSA) is 40.6 Å². The maximum atomic E-state index is 12.4. The fourth-order valence-electron chi connectivity index (χ4n) is 3.43. The molecular weight excluding hydrogens is 308 g/mol. The first-order valence-corrected chi connectivity index (χ1v) is 9.39. The van der Waals surface area contributed by atoms with Gasteiger partial charge in [0.1, 0.15) is 0 Å². The number of carbonyl (C=O) groups excluding carboxylic acids is 2. The standard InChI is InChI=1S/C18H24N2O2S/c1-14-5-2-3-6-16(14)23-13-18(22)19-11-8-15(9-12-19)20-10-4-7-17(20)21/h2-3,5-6,15H,4,7-13H2,1H3. The van der Waals surface area contributed by atoms with Gasteiger partial charge in [-0.1, -0.05) is 18.2 Å². The molecular formula is C18H24N2O2S. The Labute approximate surface area is 142 Å². The molecule has 23 heavy (non-hydrogen) atoms. The summed E-state index contributed by atoms with van der Waals surface area (Å²) in [4.78, 5) is 29.4. The predicted molar refractivity (Wildman–Crippen MR) is 92.5 cm³/mol. The summed E-state index contributed by atoms with van der Waals surface area (Å²) in [6.45, 7) is 4.54. The van der Waals surface area contributed by atoms with Crippen molar-refractivity contribution in [1.82, 2.24) is 9.80 Å². The molecule has 0 bridgehead atoms. The zero-order valence-electron chi connectivity index (χ0n) is 13.7. The zero-order valence-corrected chi connectivity index (χ0v) is 14.5. The Hall–Kier alpha value is -1.49. The third-order valence-electron chi connectivity index (χ3n) is 4.81. The zero-order chi connectivity index (χ0) is 16.2. The maximum Gasteiger partial charge on any atom is 0.232 e. The number of piperidine rings is 1. The van der Waals surface area contributed by atoms with Crippen LogP contribution in [0.25, 0.3) is 0 Å². The van der Waals surface area contributed by atoms with Gasteiger partial charge in [-0.15, -0.1) is 11.8 Å². The van der Waals surface area contributed by atoms with Crippen LogP contribution in [0.1, 0.15) is 31.2 Å². The lowest BCUT2D eigenvalue weighted by Gasteiger charge is -2.36. The van der Waals surface area contributed by atoms with Crippen molar-refractivity contribution >= 4 is 23.6 Å². The summed E-state index contributed by atoms with van der Waals surface area (Å²) in [7, 11) is 0. The van der Waals surface area contributed by atoms with E-state index in [1.165, 1.54) is 10.5 Å². The molecule has 2 saturated heterocycles. The molecule has 1 aromatic carbocycles. The van der Waals surface area contributed by atoms with E-state index in [2.05, 4.69) is 19.1 Å². The fourth-order valence-corrected chi connectivity index (χ4v) is 4.36. The lowest BCUT2D eigenvalue weighted by molar-refractivity contribution is -0.132. The van der Waals surface area contributed by atoms with Crippen LogP contribution in [0.4, 0.5) is 0 Å². The second-order valence-corrected chi connectivity index (χ2v) is 7.37. The van der Waals surface area contributed by atoms with Crippen molar-refractivity contribution in [2.45, 2.75) is 43.5 Å². The van der Waals surface area contributed by atoms with E-state index < -0.39 is 0 Å². The highest BCUT2D eigenvalue weighted by molar-refractivity contribution is 8.00. The van der Waals surface area contributed by atoms with Gasteiger partial charge >= 0.3 is 0 Å². The van der Waals surface area contributed by atoms with Gasteiger partial charge in [-0.3, -0.25) is 9.59 Å². The molecule has 2 aliphatic rings. The molecule has 4 nitrogen and oxygen atoms in total. The minimum atomic E-state index is 0.212. The lowest BCUT2D eigenvalue weighted by atomic mass is 10.0. The molecule has 0 saturated carbocycles. The summed E-state index contributed by atoms with van der Waals surface area (Å²) < 4.78 is 0. The van der Waals surface area contributed by atoms with Gasteiger partial charge in [0, 0.05) is 37.0 Å². The number of hydrogen-bond donors (Lipinski definition) is 0. The van der Waals surface area contributed by atoms with Crippen LogP contribution >= 0.6 is 11.8 Å². The van der Waals surface area contributed by atoms with Gasteiger partial charge < -0.3 is 9.80 Å². The number of benzene rings is 1. The van der Waals surface area contributed by atoms with Crippen LogP contribution in [0, 0.1) is 6.92 Å². The molecule has 0 atom stereocenters. The average molecular weight is 332 g/mol. The van der Waals surface area contributed by atoms with Crippen molar-refractivity contribution in [3.63, 3.8) is 0 Å². The third kappa shape index (κ3) is 3.89. The van der Waals surface area contributed by atoms with Gasteiger partial charge in [0.15, 0.2) is 0 Å². The van der Waals surface area contributed by atoms with Crippen LogP contribution in [0.3, 0.4) is 0 Å². The van der Waals surface area contributed by atoms with Gasteiger partial charge in [-0.25, -0.2) is 0 Å². The van der Waals surface area contributed by atoms with E-state index in [-0.39, 0.29) is 5.91 Å². The van der Waals surface area contributed by atoms with Crippen LogP contribution in [-0.4, -0.2) is 53.0 Å². The molecule has 2 amide bonds. The predicted octanol–water partition coefficient (Wildman–Crippen LogP) is 2.70. The maximum absolute atomic E-state index is 12.4. The molecule has 2 fully saturated rings. The number of likely N-dealkylation sites (tertiary alicyclic amines) is 2. The van der Waals surface area contributed by atoms with Crippen LogP contribution in [0.15, 0.2) is 29.2 Å². The van der Waals surface area contributed by atoms with Crippen LogP contribution < -0.4 is 0 Å². The average Bonchev–Trinajstić information content (AvgIpc) is 3.00. The van der Waals surface area contributed by atoms with Crippen molar-refractivity contribution < 1.29 is 9.59 Å². The van der Waals surface area contributed by atoms with Gasteiger partial charge in [-0.2, -0.15) is 0 Å². The van der Waals surface area contributed by atoms with Crippen molar-refractivity contribution in [3.05, 3.63) is 29.8 Å². The van der Waals surface area contributed by atoms with Gasteiger partial charge in [0.05, 0.1) is 5.75 Å². The lowest BCUT2D eigenvalue weighted by Crippen LogP contribution is -2.47. The van der Waals surface area contributed by atoms with E-state index >= 15 is 0 Å². The number of carbonyl (C=O) groups is 2. The summed E-state index contributed by atoms with van der Waals surface area (Å²) in [6, 6.07) is 8.52. The molecule has 3 rings (SSSR count). The van der Waals surface area contributed by atoms with Gasteiger partial charge in [-0.05, 0) is 37.8 Å².